The Morgan fingerprint density at radius 3 is 2.69 bits per heavy atom. The normalized spacial score (nSPS) is 17.6. The van der Waals surface area contributed by atoms with Crippen molar-refractivity contribution in [2.24, 2.45) is 0 Å². The summed E-state index contributed by atoms with van der Waals surface area (Å²) in [5, 5.41) is 0. The highest BCUT2D eigenvalue weighted by atomic mass is 16.5. The molecule has 1 aromatic carbocycles. The van der Waals surface area contributed by atoms with Crippen LogP contribution in [0.5, 0.6) is 5.75 Å². The quantitative estimate of drug-likeness (QED) is 0.726. The largest absolute Gasteiger partial charge is 0.494 e. The zero-order chi connectivity index (χ0) is 11.6. The number of ether oxygens (including phenoxy) is 2. The average molecular weight is 220 g/mol. The first-order chi connectivity index (χ1) is 7.72. The van der Waals surface area contributed by atoms with E-state index in [4.69, 9.17) is 9.47 Å². The zero-order valence-corrected chi connectivity index (χ0v) is 9.66. The topological polar surface area (TPSA) is 35.5 Å². The van der Waals surface area contributed by atoms with Crippen molar-refractivity contribution in [1.29, 1.82) is 0 Å². The predicted molar refractivity (Wildman–Crippen MR) is 60.9 cm³/mol. The van der Waals surface area contributed by atoms with Crippen LogP contribution in [0.3, 0.4) is 0 Å². The van der Waals surface area contributed by atoms with Crippen molar-refractivity contribution in [1.82, 2.24) is 0 Å². The summed E-state index contributed by atoms with van der Waals surface area (Å²) in [7, 11) is 0. The minimum absolute atomic E-state index is 0.421. The molecule has 0 amide bonds. The summed E-state index contributed by atoms with van der Waals surface area (Å²) in [6.07, 6.45) is 0.992. The Bertz CT molecular complexity index is 394. The maximum atomic E-state index is 11.1. The molecule has 1 saturated heterocycles. The molecule has 1 fully saturated rings. The van der Waals surface area contributed by atoms with Gasteiger partial charge in [-0.1, -0.05) is 12.1 Å². The lowest BCUT2D eigenvalue weighted by atomic mass is 9.79. The third-order valence-electron chi connectivity index (χ3n) is 2.99. The van der Waals surface area contributed by atoms with Crippen molar-refractivity contribution in [2.75, 3.05) is 19.8 Å². The number of hydrogen-bond acceptors (Lipinski definition) is 3. The molecule has 3 heteroatoms. The van der Waals surface area contributed by atoms with Crippen molar-refractivity contribution >= 4 is 6.29 Å². The van der Waals surface area contributed by atoms with Gasteiger partial charge in [-0.3, -0.25) is 0 Å². The smallest absolute Gasteiger partial charge is 0.135 e. The number of rotatable bonds is 4. The molecule has 0 aliphatic carbocycles. The molecule has 1 aliphatic rings. The van der Waals surface area contributed by atoms with Crippen molar-refractivity contribution in [3.05, 3.63) is 29.3 Å². The van der Waals surface area contributed by atoms with Gasteiger partial charge in [-0.2, -0.15) is 0 Å². The van der Waals surface area contributed by atoms with E-state index in [0.29, 0.717) is 19.8 Å². The van der Waals surface area contributed by atoms with Crippen molar-refractivity contribution in [2.45, 2.75) is 19.3 Å². The van der Waals surface area contributed by atoms with Gasteiger partial charge in [0.05, 0.1) is 25.2 Å². The Kier molecular flexibility index (Phi) is 2.97. The molecule has 0 N–H and O–H groups in total. The number of carbonyl (C=O) groups excluding carboxylic acids is 1. The lowest BCUT2D eigenvalue weighted by Gasteiger charge is -2.37. The van der Waals surface area contributed by atoms with Gasteiger partial charge in [0.25, 0.3) is 0 Å². The summed E-state index contributed by atoms with van der Waals surface area (Å²) in [4.78, 5) is 11.1. The van der Waals surface area contributed by atoms with Gasteiger partial charge in [0.1, 0.15) is 12.0 Å². The van der Waals surface area contributed by atoms with Gasteiger partial charge in [0, 0.05) is 0 Å². The van der Waals surface area contributed by atoms with Crippen LogP contribution in [0.15, 0.2) is 18.2 Å². The molecule has 0 saturated carbocycles. The van der Waals surface area contributed by atoms with Gasteiger partial charge in [-0.15, -0.1) is 0 Å². The minimum atomic E-state index is -0.421. The van der Waals surface area contributed by atoms with Crippen LogP contribution in [0.4, 0.5) is 0 Å². The molecule has 86 valence electrons. The van der Waals surface area contributed by atoms with Gasteiger partial charge in [-0.05, 0) is 31.0 Å². The van der Waals surface area contributed by atoms with Crippen LogP contribution in [0.25, 0.3) is 0 Å². The molecule has 0 spiro atoms. The highest BCUT2D eigenvalue weighted by Gasteiger charge is 2.40. The molecule has 16 heavy (non-hydrogen) atoms. The van der Waals surface area contributed by atoms with Crippen LogP contribution in [0, 0.1) is 6.92 Å². The molecule has 0 bridgehead atoms. The fraction of sp³-hybridized carbons (Fsp3) is 0.462. The van der Waals surface area contributed by atoms with E-state index in [1.807, 2.05) is 32.0 Å². The summed E-state index contributed by atoms with van der Waals surface area (Å²) in [6, 6.07) is 5.90. The number of hydrogen-bond donors (Lipinski definition) is 0. The molecule has 0 radical (unpaired) electrons. The van der Waals surface area contributed by atoms with Crippen LogP contribution in [0.1, 0.15) is 18.1 Å². The van der Waals surface area contributed by atoms with Crippen LogP contribution >= 0.6 is 0 Å². The van der Waals surface area contributed by atoms with E-state index in [2.05, 4.69) is 0 Å². The monoisotopic (exact) mass is 220 g/mol. The molecular weight excluding hydrogens is 204 g/mol. The second-order valence-corrected chi connectivity index (χ2v) is 4.18. The van der Waals surface area contributed by atoms with Crippen LogP contribution < -0.4 is 4.74 Å². The summed E-state index contributed by atoms with van der Waals surface area (Å²) in [6.45, 7) is 5.59. The first-order valence-corrected chi connectivity index (χ1v) is 5.50. The lowest BCUT2D eigenvalue weighted by molar-refractivity contribution is -0.129. The summed E-state index contributed by atoms with van der Waals surface area (Å²) in [5.74, 6) is 0.882. The van der Waals surface area contributed by atoms with E-state index < -0.39 is 5.41 Å². The second kappa shape index (κ2) is 4.26. The molecule has 0 atom stereocenters. The Morgan fingerprint density at radius 2 is 2.25 bits per heavy atom. The molecular formula is C13H16O3. The Morgan fingerprint density at radius 1 is 1.50 bits per heavy atom. The summed E-state index contributed by atoms with van der Waals surface area (Å²) in [5.41, 5.74) is 1.66. The molecule has 0 aromatic heterocycles. The Labute approximate surface area is 95.4 Å². The molecule has 1 aromatic rings. The molecule has 3 nitrogen and oxygen atoms in total. The number of aryl methyl sites for hydroxylation is 1. The van der Waals surface area contributed by atoms with Crippen LogP contribution in [0.2, 0.25) is 0 Å². The van der Waals surface area contributed by atoms with E-state index in [-0.39, 0.29) is 0 Å². The van der Waals surface area contributed by atoms with Gasteiger partial charge >= 0.3 is 0 Å². The molecule has 2 rings (SSSR count). The van der Waals surface area contributed by atoms with E-state index in [1.165, 1.54) is 0 Å². The first kappa shape index (κ1) is 11.1. The van der Waals surface area contributed by atoms with Gasteiger partial charge in [0.2, 0.25) is 0 Å². The maximum Gasteiger partial charge on any atom is 0.135 e. The van der Waals surface area contributed by atoms with E-state index in [1.54, 1.807) is 0 Å². The SMILES string of the molecule is CCOc1ccc(C2(C=O)COC2)cc1C. The molecule has 1 heterocycles. The van der Waals surface area contributed by atoms with Gasteiger partial charge in [0.15, 0.2) is 0 Å². The van der Waals surface area contributed by atoms with E-state index in [0.717, 1.165) is 23.2 Å². The average Bonchev–Trinajstić information content (AvgIpc) is 2.21. The summed E-state index contributed by atoms with van der Waals surface area (Å²) < 4.78 is 10.6. The second-order valence-electron chi connectivity index (χ2n) is 4.18. The predicted octanol–water partition coefficient (Wildman–Crippen LogP) is 1.86. The Balaban J connectivity index is 2.30. The highest BCUT2D eigenvalue weighted by Crippen LogP contribution is 2.32. The summed E-state index contributed by atoms with van der Waals surface area (Å²) >= 11 is 0. The fourth-order valence-electron chi connectivity index (χ4n) is 1.90. The molecule has 0 unspecified atom stereocenters. The number of aldehydes is 1. The van der Waals surface area contributed by atoms with Crippen molar-refractivity contribution in [3.8, 4) is 5.75 Å². The van der Waals surface area contributed by atoms with E-state index >= 15 is 0 Å². The fourth-order valence-corrected chi connectivity index (χ4v) is 1.90. The van der Waals surface area contributed by atoms with Crippen molar-refractivity contribution in [3.63, 3.8) is 0 Å². The minimum Gasteiger partial charge on any atom is -0.494 e. The van der Waals surface area contributed by atoms with Crippen LogP contribution in [-0.2, 0) is 14.9 Å². The maximum absolute atomic E-state index is 11.1. The van der Waals surface area contributed by atoms with Gasteiger partial charge in [-0.25, -0.2) is 0 Å². The third-order valence-corrected chi connectivity index (χ3v) is 2.99. The number of carbonyl (C=O) groups is 1. The zero-order valence-electron chi connectivity index (χ0n) is 9.66. The highest BCUT2D eigenvalue weighted by molar-refractivity contribution is 5.71. The van der Waals surface area contributed by atoms with E-state index in [9.17, 15) is 4.79 Å². The Hall–Kier alpha value is -1.35. The van der Waals surface area contributed by atoms with Crippen molar-refractivity contribution < 1.29 is 14.3 Å². The standard InChI is InChI=1S/C13H16O3/c1-3-16-12-5-4-11(6-10(12)2)13(7-14)8-15-9-13/h4-7H,3,8-9H2,1-2H3. The van der Waals surface area contributed by atoms with Crippen LogP contribution in [-0.4, -0.2) is 26.1 Å². The number of benzene rings is 1. The third kappa shape index (κ3) is 1.71. The lowest BCUT2D eigenvalue weighted by Crippen LogP contribution is -2.48. The first-order valence-electron chi connectivity index (χ1n) is 5.50. The van der Waals surface area contributed by atoms with Gasteiger partial charge < -0.3 is 14.3 Å². The molecule has 1 aliphatic heterocycles.